The number of aromatic nitrogens is 1. The Balaban J connectivity index is 1.63. The molecule has 2 aliphatic rings. The summed E-state index contributed by atoms with van der Waals surface area (Å²) >= 11 is 0. The van der Waals surface area contributed by atoms with Gasteiger partial charge in [-0.1, -0.05) is 12.5 Å². The van der Waals surface area contributed by atoms with Gasteiger partial charge in [0, 0.05) is 29.4 Å². The van der Waals surface area contributed by atoms with E-state index in [1.165, 1.54) is 25.3 Å². The van der Waals surface area contributed by atoms with E-state index in [4.69, 9.17) is 0 Å². The molecule has 25 heavy (non-hydrogen) atoms. The van der Waals surface area contributed by atoms with Crippen LogP contribution >= 0.6 is 0 Å². The number of nitrogens with zero attached hydrogens (tertiary/aromatic N) is 2. The van der Waals surface area contributed by atoms with Crippen LogP contribution in [0.4, 0.5) is 18.9 Å². The van der Waals surface area contributed by atoms with Crippen LogP contribution in [0, 0.1) is 0 Å². The molecule has 0 amide bonds. The maximum atomic E-state index is 12.9. The molecular formula is C19H22F3N3. The van der Waals surface area contributed by atoms with E-state index in [1.807, 2.05) is 6.07 Å². The van der Waals surface area contributed by atoms with Crippen molar-refractivity contribution in [2.24, 2.45) is 0 Å². The zero-order valence-corrected chi connectivity index (χ0v) is 14.0. The first-order valence-electron chi connectivity index (χ1n) is 8.99. The highest BCUT2D eigenvalue weighted by Crippen LogP contribution is 2.34. The number of piperidine rings is 2. The van der Waals surface area contributed by atoms with Crippen molar-refractivity contribution in [2.75, 3.05) is 18.4 Å². The summed E-state index contributed by atoms with van der Waals surface area (Å²) in [6, 6.07) is 6.56. The van der Waals surface area contributed by atoms with Crippen molar-refractivity contribution < 1.29 is 13.2 Å². The molecule has 1 aromatic heterocycles. The molecule has 0 spiro atoms. The third kappa shape index (κ3) is 3.32. The van der Waals surface area contributed by atoms with Gasteiger partial charge in [-0.2, -0.15) is 13.2 Å². The van der Waals surface area contributed by atoms with Crippen molar-refractivity contribution in [1.82, 2.24) is 9.88 Å². The van der Waals surface area contributed by atoms with E-state index in [2.05, 4.69) is 15.2 Å². The van der Waals surface area contributed by atoms with E-state index in [9.17, 15) is 13.2 Å². The largest absolute Gasteiger partial charge is 0.416 e. The van der Waals surface area contributed by atoms with Crippen LogP contribution < -0.4 is 5.32 Å². The third-order valence-corrected chi connectivity index (χ3v) is 5.50. The monoisotopic (exact) mass is 349 g/mol. The smallest absolute Gasteiger partial charge is 0.380 e. The average molecular weight is 349 g/mol. The van der Waals surface area contributed by atoms with Crippen LogP contribution in [-0.2, 0) is 6.18 Å². The number of halogens is 3. The predicted octanol–water partition coefficient (Wildman–Crippen LogP) is 4.68. The Morgan fingerprint density at radius 3 is 2.72 bits per heavy atom. The highest BCUT2D eigenvalue weighted by molar-refractivity contribution is 5.91. The molecule has 2 fully saturated rings. The maximum absolute atomic E-state index is 12.9. The van der Waals surface area contributed by atoms with Gasteiger partial charge >= 0.3 is 6.18 Å². The van der Waals surface area contributed by atoms with Gasteiger partial charge in [-0.25, -0.2) is 0 Å². The zero-order valence-electron chi connectivity index (χ0n) is 14.0. The van der Waals surface area contributed by atoms with Crippen LogP contribution in [0.3, 0.4) is 0 Å². The summed E-state index contributed by atoms with van der Waals surface area (Å²) in [5.41, 5.74) is 0.619. The molecule has 1 N–H and O–H groups in total. The molecule has 134 valence electrons. The standard InChI is InChI=1S/C19H22F3N3/c20-19(21,22)13-6-7-14-15(8-9-23-17(14)12-13)24-16-4-3-11-25-10-2-1-5-18(16)25/h6-9,12,16,18H,1-5,10-11H2,(H,23,24)/t16-,18?/m1/s1. The predicted molar refractivity (Wildman–Crippen MR) is 92.6 cm³/mol. The molecule has 1 aromatic carbocycles. The second-order valence-electron chi connectivity index (χ2n) is 7.08. The molecule has 2 saturated heterocycles. The number of rotatable bonds is 2. The van der Waals surface area contributed by atoms with Gasteiger partial charge in [0.25, 0.3) is 0 Å². The van der Waals surface area contributed by atoms with Gasteiger partial charge in [0.1, 0.15) is 0 Å². The Labute approximate surface area is 145 Å². The van der Waals surface area contributed by atoms with Crippen LogP contribution in [0.5, 0.6) is 0 Å². The van der Waals surface area contributed by atoms with Gasteiger partial charge in [-0.15, -0.1) is 0 Å². The molecule has 0 aliphatic carbocycles. The molecule has 4 rings (SSSR count). The molecule has 2 aromatic rings. The van der Waals surface area contributed by atoms with E-state index < -0.39 is 11.7 Å². The summed E-state index contributed by atoms with van der Waals surface area (Å²) in [5.74, 6) is 0. The Kier molecular flexibility index (Phi) is 4.31. The number of fused-ring (bicyclic) bond motifs is 2. The van der Waals surface area contributed by atoms with Crippen molar-refractivity contribution >= 4 is 16.6 Å². The lowest BCUT2D eigenvalue weighted by molar-refractivity contribution is -0.137. The van der Waals surface area contributed by atoms with Gasteiger partial charge in [-0.05, 0) is 57.0 Å². The number of hydrogen-bond donors (Lipinski definition) is 1. The number of anilines is 1. The molecule has 0 bridgehead atoms. The topological polar surface area (TPSA) is 28.2 Å². The summed E-state index contributed by atoms with van der Waals surface area (Å²) in [5, 5.41) is 4.37. The molecule has 0 saturated carbocycles. The normalized spacial score (nSPS) is 24.9. The van der Waals surface area contributed by atoms with E-state index >= 15 is 0 Å². The first kappa shape index (κ1) is 16.6. The number of alkyl halides is 3. The number of hydrogen-bond acceptors (Lipinski definition) is 3. The van der Waals surface area contributed by atoms with Crippen molar-refractivity contribution in [3.63, 3.8) is 0 Å². The fourth-order valence-corrected chi connectivity index (χ4v) is 4.28. The Morgan fingerprint density at radius 2 is 1.88 bits per heavy atom. The fraction of sp³-hybridized carbons (Fsp3) is 0.526. The van der Waals surface area contributed by atoms with Gasteiger partial charge in [0.2, 0.25) is 0 Å². The quantitative estimate of drug-likeness (QED) is 0.853. The lowest BCUT2D eigenvalue weighted by Crippen LogP contribution is -2.53. The summed E-state index contributed by atoms with van der Waals surface area (Å²) in [4.78, 5) is 6.71. The average Bonchev–Trinajstić information content (AvgIpc) is 2.61. The highest BCUT2D eigenvalue weighted by Gasteiger charge is 2.33. The second-order valence-corrected chi connectivity index (χ2v) is 7.08. The molecule has 1 unspecified atom stereocenters. The molecule has 0 radical (unpaired) electrons. The Morgan fingerprint density at radius 1 is 1.04 bits per heavy atom. The van der Waals surface area contributed by atoms with Crippen LogP contribution in [-0.4, -0.2) is 35.1 Å². The number of nitrogens with one attached hydrogen (secondary N) is 1. The summed E-state index contributed by atoms with van der Waals surface area (Å²) < 4.78 is 38.8. The van der Waals surface area contributed by atoms with E-state index in [1.54, 1.807) is 6.20 Å². The molecule has 2 aliphatic heterocycles. The molecule has 6 heteroatoms. The number of pyridine rings is 1. The third-order valence-electron chi connectivity index (χ3n) is 5.50. The van der Waals surface area contributed by atoms with Gasteiger partial charge in [0.05, 0.1) is 11.1 Å². The SMILES string of the molecule is FC(F)(F)c1ccc2c(N[C@@H]3CCCN4CCCCC34)ccnc2c1. The Hall–Kier alpha value is -1.82. The van der Waals surface area contributed by atoms with Crippen LogP contribution in [0.25, 0.3) is 10.9 Å². The molecule has 2 atom stereocenters. The van der Waals surface area contributed by atoms with Gasteiger partial charge in [-0.3, -0.25) is 9.88 Å². The lowest BCUT2D eigenvalue weighted by atomic mass is 9.88. The first-order chi connectivity index (χ1) is 12.0. The summed E-state index contributed by atoms with van der Waals surface area (Å²) in [6.45, 7) is 2.32. The van der Waals surface area contributed by atoms with Crippen LogP contribution in [0.1, 0.15) is 37.7 Å². The first-order valence-corrected chi connectivity index (χ1v) is 8.99. The Bertz CT molecular complexity index is 757. The number of benzene rings is 1. The summed E-state index contributed by atoms with van der Waals surface area (Å²) in [6.07, 6.45) is 3.23. The lowest BCUT2D eigenvalue weighted by Gasteiger charge is -2.44. The van der Waals surface area contributed by atoms with Crippen molar-refractivity contribution in [2.45, 2.75) is 50.4 Å². The molecule has 3 heterocycles. The summed E-state index contributed by atoms with van der Waals surface area (Å²) in [7, 11) is 0. The van der Waals surface area contributed by atoms with Crippen molar-refractivity contribution in [3.8, 4) is 0 Å². The molecular weight excluding hydrogens is 327 g/mol. The van der Waals surface area contributed by atoms with E-state index in [-0.39, 0.29) is 0 Å². The second kappa shape index (κ2) is 6.48. The van der Waals surface area contributed by atoms with Gasteiger partial charge < -0.3 is 5.32 Å². The van der Waals surface area contributed by atoms with E-state index in [0.29, 0.717) is 17.6 Å². The minimum Gasteiger partial charge on any atom is -0.380 e. The van der Waals surface area contributed by atoms with Crippen molar-refractivity contribution in [3.05, 3.63) is 36.0 Å². The molecule has 3 nitrogen and oxygen atoms in total. The van der Waals surface area contributed by atoms with Crippen LogP contribution in [0.2, 0.25) is 0 Å². The fourth-order valence-electron chi connectivity index (χ4n) is 4.28. The maximum Gasteiger partial charge on any atom is 0.416 e. The van der Waals surface area contributed by atoms with Crippen LogP contribution in [0.15, 0.2) is 30.5 Å². The highest BCUT2D eigenvalue weighted by atomic mass is 19.4. The minimum atomic E-state index is -4.34. The van der Waals surface area contributed by atoms with E-state index in [0.717, 1.165) is 49.1 Å². The van der Waals surface area contributed by atoms with Gasteiger partial charge in [0.15, 0.2) is 0 Å². The minimum absolute atomic E-state index is 0.349. The zero-order chi connectivity index (χ0) is 17.4. The van der Waals surface area contributed by atoms with Crippen molar-refractivity contribution in [1.29, 1.82) is 0 Å².